The van der Waals surface area contributed by atoms with E-state index in [1.807, 2.05) is 6.92 Å². The van der Waals surface area contributed by atoms with Crippen LogP contribution in [0.1, 0.15) is 16.6 Å². The van der Waals surface area contributed by atoms with Crippen molar-refractivity contribution in [2.45, 2.75) is 6.92 Å². The highest BCUT2D eigenvalue weighted by molar-refractivity contribution is 7.16. The third-order valence-electron chi connectivity index (χ3n) is 1.38. The molecule has 0 amide bonds. The monoisotopic (exact) mass is 202 g/mol. The summed E-state index contributed by atoms with van der Waals surface area (Å²) in [5.74, 6) is -0.645. The van der Waals surface area contributed by atoms with E-state index in [4.69, 9.17) is 14.6 Å². The maximum absolute atomic E-state index is 10.7. The molecule has 0 unspecified atom stereocenters. The minimum absolute atomic E-state index is 0.172. The molecule has 5 heteroatoms. The van der Waals surface area contributed by atoms with Gasteiger partial charge >= 0.3 is 5.97 Å². The van der Waals surface area contributed by atoms with Gasteiger partial charge in [-0.05, 0) is 6.92 Å². The number of hydrogen-bond donors (Lipinski definition) is 1. The zero-order valence-electron chi connectivity index (χ0n) is 7.36. The summed E-state index contributed by atoms with van der Waals surface area (Å²) in [7, 11) is 1.43. The van der Waals surface area contributed by atoms with Crippen LogP contribution < -0.4 is 9.47 Å². The highest BCUT2D eigenvalue weighted by atomic mass is 32.1. The number of thiophene rings is 1. The van der Waals surface area contributed by atoms with Gasteiger partial charge in [-0.15, -0.1) is 0 Å². The Balaban J connectivity index is 2.97. The van der Waals surface area contributed by atoms with E-state index in [9.17, 15) is 4.79 Å². The van der Waals surface area contributed by atoms with E-state index in [1.165, 1.54) is 7.11 Å². The Labute approximate surface area is 79.7 Å². The van der Waals surface area contributed by atoms with Crippen LogP contribution in [-0.4, -0.2) is 24.8 Å². The molecule has 0 aliphatic carbocycles. The fourth-order valence-corrected chi connectivity index (χ4v) is 1.74. The Morgan fingerprint density at radius 3 is 2.77 bits per heavy atom. The SMILES string of the molecule is CCOc1cc(OC)c(C(=O)O)s1. The number of hydrogen-bond acceptors (Lipinski definition) is 4. The van der Waals surface area contributed by atoms with Crippen molar-refractivity contribution in [2.24, 2.45) is 0 Å². The first-order valence-electron chi connectivity index (χ1n) is 3.73. The maximum atomic E-state index is 10.7. The van der Waals surface area contributed by atoms with E-state index in [0.717, 1.165) is 11.3 Å². The van der Waals surface area contributed by atoms with E-state index in [1.54, 1.807) is 6.07 Å². The van der Waals surface area contributed by atoms with Gasteiger partial charge in [0.05, 0.1) is 13.7 Å². The molecule has 0 saturated heterocycles. The molecule has 1 heterocycles. The third-order valence-corrected chi connectivity index (χ3v) is 2.39. The second-order valence-electron chi connectivity index (χ2n) is 2.20. The molecule has 1 aromatic heterocycles. The minimum atomic E-state index is -0.993. The van der Waals surface area contributed by atoms with Crippen LogP contribution in [-0.2, 0) is 0 Å². The average Bonchev–Trinajstić information content (AvgIpc) is 2.48. The number of carbonyl (C=O) groups is 1. The zero-order chi connectivity index (χ0) is 9.84. The number of carboxylic acid groups (broad SMARTS) is 1. The third kappa shape index (κ3) is 2.12. The van der Waals surface area contributed by atoms with Gasteiger partial charge in [0.2, 0.25) is 0 Å². The summed E-state index contributed by atoms with van der Waals surface area (Å²) < 4.78 is 10.0. The highest BCUT2D eigenvalue weighted by Crippen LogP contribution is 2.34. The van der Waals surface area contributed by atoms with Gasteiger partial charge < -0.3 is 14.6 Å². The van der Waals surface area contributed by atoms with Crippen LogP contribution in [0.4, 0.5) is 0 Å². The van der Waals surface area contributed by atoms with Crippen LogP contribution >= 0.6 is 11.3 Å². The van der Waals surface area contributed by atoms with Gasteiger partial charge in [0.15, 0.2) is 9.94 Å². The normalized spacial score (nSPS) is 9.69. The quantitative estimate of drug-likeness (QED) is 0.809. The molecule has 1 aromatic rings. The lowest BCUT2D eigenvalue weighted by atomic mass is 10.4. The molecule has 0 saturated carbocycles. The Morgan fingerprint density at radius 1 is 1.69 bits per heavy atom. The average molecular weight is 202 g/mol. The van der Waals surface area contributed by atoms with Crippen LogP contribution in [0.3, 0.4) is 0 Å². The standard InChI is InChI=1S/C8H10O4S/c1-3-12-6-4-5(11-2)7(13-6)8(9)10/h4H,3H2,1-2H3,(H,9,10). The van der Waals surface area contributed by atoms with Gasteiger partial charge in [-0.3, -0.25) is 0 Å². The molecular formula is C8H10O4S. The van der Waals surface area contributed by atoms with Crippen molar-refractivity contribution < 1.29 is 19.4 Å². The van der Waals surface area contributed by atoms with Crippen LogP contribution in [0.2, 0.25) is 0 Å². The lowest BCUT2D eigenvalue weighted by molar-refractivity contribution is 0.0699. The number of ether oxygens (including phenoxy) is 2. The summed E-state index contributed by atoms with van der Waals surface area (Å²) in [5.41, 5.74) is 0. The molecule has 0 aliphatic heterocycles. The molecule has 0 aromatic carbocycles. The van der Waals surface area contributed by atoms with Gasteiger partial charge in [-0.25, -0.2) is 4.79 Å². The molecule has 0 radical (unpaired) electrons. The molecule has 0 atom stereocenters. The number of carboxylic acids is 1. The molecule has 0 spiro atoms. The summed E-state index contributed by atoms with van der Waals surface area (Å²) in [6.45, 7) is 2.36. The fraction of sp³-hybridized carbons (Fsp3) is 0.375. The minimum Gasteiger partial charge on any atom is -0.495 e. The molecule has 1 N–H and O–H groups in total. The largest absolute Gasteiger partial charge is 0.495 e. The van der Waals surface area contributed by atoms with Crippen LogP contribution in [0, 0.1) is 0 Å². The smallest absolute Gasteiger partial charge is 0.349 e. The summed E-state index contributed by atoms with van der Waals surface area (Å²) in [5, 5.41) is 9.32. The molecular weight excluding hydrogens is 192 g/mol. The molecule has 0 aliphatic rings. The van der Waals surface area contributed by atoms with Crippen LogP contribution in [0.5, 0.6) is 10.8 Å². The van der Waals surface area contributed by atoms with Crippen LogP contribution in [0.15, 0.2) is 6.07 Å². The Hall–Kier alpha value is -1.23. The van der Waals surface area contributed by atoms with Gasteiger partial charge in [0.1, 0.15) is 5.75 Å². The molecule has 0 fully saturated rings. The van der Waals surface area contributed by atoms with Gasteiger partial charge in [-0.2, -0.15) is 0 Å². The lowest BCUT2D eigenvalue weighted by Gasteiger charge is -1.94. The second kappa shape index (κ2) is 4.13. The van der Waals surface area contributed by atoms with Crippen molar-refractivity contribution in [2.75, 3.05) is 13.7 Å². The summed E-state index contributed by atoms with van der Waals surface area (Å²) >= 11 is 1.07. The molecule has 4 nitrogen and oxygen atoms in total. The van der Waals surface area contributed by atoms with Gasteiger partial charge in [0, 0.05) is 6.07 Å². The second-order valence-corrected chi connectivity index (χ2v) is 3.22. The number of methoxy groups -OCH3 is 1. The van der Waals surface area contributed by atoms with Crippen molar-refractivity contribution in [3.05, 3.63) is 10.9 Å². The van der Waals surface area contributed by atoms with Crippen molar-refractivity contribution in [1.29, 1.82) is 0 Å². The first-order valence-corrected chi connectivity index (χ1v) is 4.54. The zero-order valence-corrected chi connectivity index (χ0v) is 8.18. The highest BCUT2D eigenvalue weighted by Gasteiger charge is 2.16. The summed E-state index contributed by atoms with van der Waals surface area (Å²) in [6.07, 6.45) is 0. The van der Waals surface area contributed by atoms with E-state index in [0.29, 0.717) is 17.4 Å². The molecule has 13 heavy (non-hydrogen) atoms. The van der Waals surface area contributed by atoms with E-state index in [2.05, 4.69) is 0 Å². The van der Waals surface area contributed by atoms with Crippen LogP contribution in [0.25, 0.3) is 0 Å². The Kier molecular flexibility index (Phi) is 3.13. The Morgan fingerprint density at radius 2 is 2.38 bits per heavy atom. The number of aromatic carboxylic acids is 1. The molecule has 72 valence electrons. The predicted molar refractivity (Wildman–Crippen MR) is 49.0 cm³/mol. The van der Waals surface area contributed by atoms with E-state index < -0.39 is 5.97 Å². The summed E-state index contributed by atoms with van der Waals surface area (Å²) in [6, 6.07) is 1.58. The molecule has 0 bridgehead atoms. The van der Waals surface area contributed by atoms with Gasteiger partial charge in [-0.1, -0.05) is 11.3 Å². The van der Waals surface area contributed by atoms with Crippen molar-refractivity contribution in [3.63, 3.8) is 0 Å². The van der Waals surface area contributed by atoms with E-state index in [-0.39, 0.29) is 4.88 Å². The maximum Gasteiger partial charge on any atom is 0.349 e. The summed E-state index contributed by atoms with van der Waals surface area (Å²) in [4.78, 5) is 10.8. The van der Waals surface area contributed by atoms with Crippen molar-refractivity contribution >= 4 is 17.3 Å². The topological polar surface area (TPSA) is 55.8 Å². The Bertz CT molecular complexity index is 305. The van der Waals surface area contributed by atoms with E-state index >= 15 is 0 Å². The fourth-order valence-electron chi connectivity index (χ4n) is 0.867. The lowest BCUT2D eigenvalue weighted by Crippen LogP contribution is -1.94. The predicted octanol–water partition coefficient (Wildman–Crippen LogP) is 1.85. The van der Waals surface area contributed by atoms with Crippen molar-refractivity contribution in [3.8, 4) is 10.8 Å². The first-order chi connectivity index (χ1) is 6.19. The first kappa shape index (κ1) is 9.85. The van der Waals surface area contributed by atoms with Crippen molar-refractivity contribution in [1.82, 2.24) is 0 Å². The molecule has 1 rings (SSSR count). The van der Waals surface area contributed by atoms with Gasteiger partial charge in [0.25, 0.3) is 0 Å². The number of rotatable bonds is 4.